The highest BCUT2D eigenvalue weighted by Gasteiger charge is 1.97. The van der Waals surface area contributed by atoms with Crippen LogP contribution in [0.3, 0.4) is 0 Å². The maximum atomic E-state index is 8.42. The van der Waals surface area contributed by atoms with Crippen LogP contribution in [0.1, 0.15) is 5.69 Å². The van der Waals surface area contributed by atoms with Crippen molar-refractivity contribution in [2.45, 2.75) is 6.42 Å². The molecule has 0 bridgehead atoms. The number of hydrogen-bond donors (Lipinski definition) is 1. The second-order valence-corrected chi connectivity index (χ2v) is 3.65. The normalized spacial score (nSPS) is 11.1. The van der Waals surface area contributed by atoms with Crippen molar-refractivity contribution in [2.75, 3.05) is 12.8 Å². The molecule has 1 aromatic rings. The van der Waals surface area contributed by atoms with Crippen molar-refractivity contribution in [3.63, 3.8) is 0 Å². The standard InChI is InChI=1S/C9H13N5S/c1-14-6-4-8(13-14)3-5-11-9(15-2)12-7-10/h4,6H,3,5H2,1-2H3,(H,11,12). The van der Waals surface area contributed by atoms with Gasteiger partial charge < -0.3 is 0 Å². The number of aromatic nitrogens is 2. The minimum atomic E-state index is 0.641. The first kappa shape index (κ1) is 11.6. The monoisotopic (exact) mass is 223 g/mol. The Morgan fingerprint density at radius 3 is 3.13 bits per heavy atom. The quantitative estimate of drug-likeness (QED) is 0.355. The number of amidine groups is 1. The topological polar surface area (TPSA) is 66.0 Å². The Bertz CT molecular complexity index is 376. The summed E-state index contributed by atoms with van der Waals surface area (Å²) in [6.07, 6.45) is 6.42. The summed E-state index contributed by atoms with van der Waals surface area (Å²) in [5, 5.41) is 15.8. The molecule has 1 rings (SSSR count). The summed E-state index contributed by atoms with van der Waals surface area (Å²) in [4.78, 5) is 4.23. The first-order valence-electron chi connectivity index (χ1n) is 4.48. The number of nitrogens with zero attached hydrogens (tertiary/aromatic N) is 4. The average molecular weight is 223 g/mol. The second-order valence-electron chi connectivity index (χ2n) is 2.86. The van der Waals surface area contributed by atoms with Crippen LogP contribution in [0, 0.1) is 11.5 Å². The van der Waals surface area contributed by atoms with Gasteiger partial charge in [-0.3, -0.25) is 15.0 Å². The number of hydrogen-bond acceptors (Lipinski definition) is 4. The number of rotatable bonds is 3. The maximum absolute atomic E-state index is 8.42. The van der Waals surface area contributed by atoms with E-state index >= 15 is 0 Å². The molecule has 0 aromatic carbocycles. The second kappa shape index (κ2) is 6.09. The third kappa shape index (κ3) is 4.04. The third-order valence-corrected chi connectivity index (χ3v) is 2.37. The summed E-state index contributed by atoms with van der Waals surface area (Å²) in [6.45, 7) is 0.641. The Balaban J connectivity index is 2.40. The summed E-state index contributed by atoms with van der Waals surface area (Å²) < 4.78 is 1.77. The van der Waals surface area contributed by atoms with Crippen molar-refractivity contribution in [3.8, 4) is 6.19 Å². The smallest absolute Gasteiger partial charge is 0.183 e. The van der Waals surface area contributed by atoms with Gasteiger partial charge in [-0.25, -0.2) is 0 Å². The maximum Gasteiger partial charge on any atom is 0.183 e. The van der Waals surface area contributed by atoms with Crippen LogP contribution >= 0.6 is 11.8 Å². The number of thioether (sulfide) groups is 1. The van der Waals surface area contributed by atoms with E-state index in [2.05, 4.69) is 15.4 Å². The van der Waals surface area contributed by atoms with Crippen LogP contribution in [0.25, 0.3) is 0 Å². The average Bonchev–Trinajstić information content (AvgIpc) is 2.63. The van der Waals surface area contributed by atoms with Gasteiger partial charge in [0.05, 0.1) is 5.69 Å². The van der Waals surface area contributed by atoms with Gasteiger partial charge in [0, 0.05) is 26.2 Å². The van der Waals surface area contributed by atoms with Crippen molar-refractivity contribution < 1.29 is 0 Å². The molecule has 1 heterocycles. The summed E-state index contributed by atoms with van der Waals surface area (Å²) in [5.74, 6) is 0. The molecular weight excluding hydrogens is 210 g/mol. The fourth-order valence-electron chi connectivity index (χ4n) is 1.07. The van der Waals surface area contributed by atoms with E-state index in [4.69, 9.17) is 5.26 Å². The molecule has 0 aliphatic rings. The molecule has 0 radical (unpaired) electrons. The van der Waals surface area contributed by atoms with Crippen molar-refractivity contribution in [2.24, 2.45) is 12.0 Å². The number of aryl methyl sites for hydroxylation is 1. The molecule has 80 valence electrons. The van der Waals surface area contributed by atoms with Gasteiger partial charge in [-0.1, -0.05) is 11.8 Å². The fraction of sp³-hybridized carbons (Fsp3) is 0.444. The largest absolute Gasteiger partial charge is 0.276 e. The van der Waals surface area contributed by atoms with Crippen molar-refractivity contribution >= 4 is 16.9 Å². The molecule has 5 nitrogen and oxygen atoms in total. The van der Waals surface area contributed by atoms with Crippen LogP contribution < -0.4 is 5.32 Å². The van der Waals surface area contributed by atoms with E-state index < -0.39 is 0 Å². The molecule has 0 amide bonds. The Labute approximate surface area is 93.2 Å². The van der Waals surface area contributed by atoms with E-state index in [-0.39, 0.29) is 0 Å². The van der Waals surface area contributed by atoms with Crippen molar-refractivity contribution in [1.82, 2.24) is 15.1 Å². The molecule has 0 saturated heterocycles. The van der Waals surface area contributed by atoms with Crippen LogP contribution in [0.5, 0.6) is 0 Å². The van der Waals surface area contributed by atoms with Gasteiger partial charge in [0.1, 0.15) is 0 Å². The van der Waals surface area contributed by atoms with Crippen molar-refractivity contribution in [3.05, 3.63) is 18.0 Å². The molecule has 1 N–H and O–H groups in total. The highest BCUT2D eigenvalue weighted by Crippen LogP contribution is 1.98. The third-order valence-electron chi connectivity index (χ3n) is 1.75. The molecule has 0 spiro atoms. The minimum Gasteiger partial charge on any atom is -0.276 e. The molecule has 0 unspecified atom stereocenters. The van der Waals surface area contributed by atoms with E-state index in [1.165, 1.54) is 11.8 Å². The minimum absolute atomic E-state index is 0.641. The zero-order chi connectivity index (χ0) is 11.1. The molecule has 15 heavy (non-hydrogen) atoms. The van der Waals surface area contributed by atoms with Crippen molar-refractivity contribution in [1.29, 1.82) is 5.26 Å². The Hall–Kier alpha value is -1.48. The molecular formula is C9H13N5S. The fourth-order valence-corrected chi connectivity index (χ4v) is 1.44. The highest BCUT2D eigenvalue weighted by atomic mass is 32.2. The highest BCUT2D eigenvalue weighted by molar-refractivity contribution is 8.13. The van der Waals surface area contributed by atoms with Crippen LogP contribution in [-0.2, 0) is 13.5 Å². The Kier molecular flexibility index (Phi) is 4.71. The summed E-state index contributed by atoms with van der Waals surface area (Å²) in [6, 6.07) is 1.96. The summed E-state index contributed by atoms with van der Waals surface area (Å²) in [5.41, 5.74) is 1.01. The first-order chi connectivity index (χ1) is 7.26. The zero-order valence-corrected chi connectivity index (χ0v) is 9.58. The molecule has 6 heteroatoms. The molecule has 0 aliphatic carbocycles. The number of nitrogens with one attached hydrogen (secondary N) is 1. The first-order valence-corrected chi connectivity index (χ1v) is 5.71. The molecule has 0 fully saturated rings. The van der Waals surface area contributed by atoms with Gasteiger partial charge in [-0.15, -0.1) is 0 Å². The Morgan fingerprint density at radius 2 is 2.60 bits per heavy atom. The lowest BCUT2D eigenvalue weighted by molar-refractivity contribution is 0.739. The van der Waals surface area contributed by atoms with E-state index in [1.54, 1.807) is 4.68 Å². The van der Waals surface area contributed by atoms with Crippen LogP contribution in [0.4, 0.5) is 0 Å². The lowest BCUT2D eigenvalue weighted by atomic mass is 10.3. The van der Waals surface area contributed by atoms with E-state index in [9.17, 15) is 0 Å². The van der Waals surface area contributed by atoms with Gasteiger partial charge in [0.2, 0.25) is 0 Å². The van der Waals surface area contributed by atoms with E-state index in [0.29, 0.717) is 11.7 Å². The van der Waals surface area contributed by atoms with E-state index in [0.717, 1.165) is 12.1 Å². The SMILES string of the molecule is CSC(=NCCc1ccn(C)n1)NC#N. The Morgan fingerprint density at radius 1 is 1.80 bits per heavy atom. The van der Waals surface area contributed by atoms with Crippen LogP contribution in [0.15, 0.2) is 17.3 Å². The molecule has 0 saturated carbocycles. The predicted molar refractivity (Wildman–Crippen MR) is 61.5 cm³/mol. The van der Waals surface area contributed by atoms with Gasteiger partial charge in [-0.05, 0) is 12.3 Å². The lowest BCUT2D eigenvalue weighted by Gasteiger charge is -1.98. The predicted octanol–water partition coefficient (Wildman–Crippen LogP) is 0.752. The number of aliphatic imine (C=N–C) groups is 1. The van der Waals surface area contributed by atoms with Crippen LogP contribution in [-0.4, -0.2) is 27.7 Å². The van der Waals surface area contributed by atoms with Gasteiger partial charge in [-0.2, -0.15) is 10.4 Å². The zero-order valence-electron chi connectivity index (χ0n) is 8.77. The molecule has 0 aliphatic heterocycles. The number of nitriles is 1. The van der Waals surface area contributed by atoms with E-state index in [1.807, 2.05) is 31.8 Å². The van der Waals surface area contributed by atoms with Gasteiger partial charge >= 0.3 is 0 Å². The molecule has 1 aromatic heterocycles. The van der Waals surface area contributed by atoms with Gasteiger partial charge in [0.25, 0.3) is 0 Å². The summed E-state index contributed by atoms with van der Waals surface area (Å²) in [7, 11) is 1.89. The lowest BCUT2D eigenvalue weighted by Crippen LogP contribution is -2.14. The van der Waals surface area contributed by atoms with Gasteiger partial charge in [0.15, 0.2) is 11.4 Å². The van der Waals surface area contributed by atoms with Crippen LogP contribution in [0.2, 0.25) is 0 Å². The summed E-state index contributed by atoms with van der Waals surface area (Å²) >= 11 is 1.43. The molecule has 0 atom stereocenters.